The summed E-state index contributed by atoms with van der Waals surface area (Å²) in [5.74, 6) is 0.834. The molecule has 1 spiro atoms. The summed E-state index contributed by atoms with van der Waals surface area (Å²) in [5.41, 5.74) is 7.19. The smallest absolute Gasteiger partial charge is 0.159 e. The monoisotopic (exact) mass is 385 g/mol. The summed E-state index contributed by atoms with van der Waals surface area (Å²) in [7, 11) is 0. The number of likely N-dealkylation sites (tertiary alicyclic amines) is 1. The lowest BCUT2D eigenvalue weighted by Gasteiger charge is -2.35. The zero-order valence-corrected chi connectivity index (χ0v) is 17.2. The van der Waals surface area contributed by atoms with Gasteiger partial charge in [-0.25, -0.2) is 9.97 Å². The maximum atomic E-state index is 6.07. The Morgan fingerprint density at radius 3 is 2.72 bits per heavy atom. The average molecular weight is 386 g/mol. The fourth-order valence-corrected chi connectivity index (χ4v) is 4.81. The molecule has 3 heterocycles. The molecule has 1 fully saturated rings. The van der Waals surface area contributed by atoms with Gasteiger partial charge in [0.2, 0.25) is 0 Å². The fraction of sp³-hybridized carbons (Fsp3) is 0.360. The van der Waals surface area contributed by atoms with E-state index in [9.17, 15) is 0 Å². The molecule has 1 saturated heterocycles. The van der Waals surface area contributed by atoms with Crippen molar-refractivity contribution in [1.29, 1.82) is 0 Å². The van der Waals surface area contributed by atoms with Gasteiger partial charge in [-0.2, -0.15) is 0 Å². The minimum absolute atomic E-state index is 0.0331. The predicted octanol–water partition coefficient (Wildman–Crippen LogP) is 4.43. The molecule has 3 aromatic rings. The van der Waals surface area contributed by atoms with E-state index in [1.54, 1.807) is 0 Å². The van der Waals surface area contributed by atoms with E-state index < -0.39 is 0 Å². The minimum atomic E-state index is -0.0331. The van der Waals surface area contributed by atoms with E-state index in [0.29, 0.717) is 6.61 Å². The van der Waals surface area contributed by atoms with Gasteiger partial charge in [-0.3, -0.25) is 4.90 Å². The lowest BCUT2D eigenvalue weighted by Crippen LogP contribution is -2.41. The second kappa shape index (κ2) is 7.36. The first-order valence-electron chi connectivity index (χ1n) is 10.4. The fourth-order valence-electron chi connectivity index (χ4n) is 4.81. The van der Waals surface area contributed by atoms with E-state index in [1.165, 1.54) is 22.4 Å². The number of rotatable bonds is 3. The van der Waals surface area contributed by atoms with Gasteiger partial charge in [-0.1, -0.05) is 60.2 Å². The number of aryl methyl sites for hydroxylation is 2. The van der Waals surface area contributed by atoms with Gasteiger partial charge in [-0.05, 0) is 32.4 Å². The third kappa shape index (κ3) is 3.47. The van der Waals surface area contributed by atoms with Crippen LogP contribution in [0.5, 0.6) is 0 Å². The van der Waals surface area contributed by atoms with Crippen LogP contribution in [0.25, 0.3) is 11.4 Å². The first-order chi connectivity index (χ1) is 14.1. The number of hydrogen-bond donors (Lipinski definition) is 0. The van der Waals surface area contributed by atoms with E-state index in [2.05, 4.69) is 55.1 Å². The van der Waals surface area contributed by atoms with Crippen LogP contribution in [0, 0.1) is 13.8 Å². The molecule has 0 radical (unpaired) electrons. The van der Waals surface area contributed by atoms with Gasteiger partial charge in [0.1, 0.15) is 0 Å². The summed E-state index contributed by atoms with van der Waals surface area (Å²) in [4.78, 5) is 12.5. The van der Waals surface area contributed by atoms with Gasteiger partial charge in [0.15, 0.2) is 5.82 Å². The Morgan fingerprint density at radius 1 is 1.03 bits per heavy atom. The van der Waals surface area contributed by atoms with Crippen LogP contribution in [-0.2, 0) is 23.3 Å². The first kappa shape index (κ1) is 18.5. The highest BCUT2D eigenvalue weighted by atomic mass is 16.5. The van der Waals surface area contributed by atoms with E-state index in [1.807, 2.05) is 18.2 Å². The molecule has 29 heavy (non-hydrogen) atoms. The summed E-state index contributed by atoms with van der Waals surface area (Å²) in [6.07, 6.45) is 1.08. The highest BCUT2D eigenvalue weighted by Gasteiger charge is 2.45. The molecule has 5 rings (SSSR count). The molecule has 4 heteroatoms. The minimum Gasteiger partial charge on any atom is -0.376 e. The summed E-state index contributed by atoms with van der Waals surface area (Å²) in [6, 6.07) is 19.1. The molecule has 0 aliphatic carbocycles. The Labute approximate surface area is 172 Å². The third-order valence-corrected chi connectivity index (χ3v) is 6.29. The van der Waals surface area contributed by atoms with Crippen LogP contribution in [0.3, 0.4) is 0 Å². The Balaban J connectivity index is 1.48. The molecule has 148 valence electrons. The molecule has 0 bridgehead atoms. The molecular weight excluding hydrogens is 358 g/mol. The molecule has 0 saturated carbocycles. The largest absolute Gasteiger partial charge is 0.376 e. The van der Waals surface area contributed by atoms with Crippen molar-refractivity contribution in [2.24, 2.45) is 0 Å². The van der Waals surface area contributed by atoms with Crippen molar-refractivity contribution in [3.63, 3.8) is 0 Å². The van der Waals surface area contributed by atoms with Crippen molar-refractivity contribution in [2.75, 3.05) is 19.7 Å². The Bertz CT molecular complexity index is 1030. The summed E-state index contributed by atoms with van der Waals surface area (Å²) in [5, 5.41) is 0. The van der Waals surface area contributed by atoms with Crippen LogP contribution in [-0.4, -0.2) is 34.6 Å². The average Bonchev–Trinajstić information content (AvgIpc) is 3.12. The van der Waals surface area contributed by atoms with Crippen molar-refractivity contribution in [2.45, 2.75) is 38.8 Å². The van der Waals surface area contributed by atoms with Crippen molar-refractivity contribution in [1.82, 2.24) is 14.9 Å². The number of fused-ring (bicyclic) bond motifs is 2. The number of aromatic nitrogens is 2. The number of nitrogens with zero attached hydrogens (tertiary/aromatic N) is 3. The SMILES string of the molecule is Cc1cccc(CN2CC[C@@]3(COCc4c(C)nc(-c5ccccc5)nc43)C2)c1. The van der Waals surface area contributed by atoms with Crippen LogP contribution in [0.15, 0.2) is 54.6 Å². The van der Waals surface area contributed by atoms with E-state index in [-0.39, 0.29) is 5.41 Å². The van der Waals surface area contributed by atoms with Gasteiger partial charge in [0.05, 0.1) is 24.3 Å². The molecule has 0 N–H and O–H groups in total. The van der Waals surface area contributed by atoms with Crippen LogP contribution in [0.1, 0.15) is 34.5 Å². The topological polar surface area (TPSA) is 38.2 Å². The molecule has 0 unspecified atom stereocenters. The van der Waals surface area contributed by atoms with Crippen molar-refractivity contribution in [3.8, 4) is 11.4 Å². The van der Waals surface area contributed by atoms with Crippen LogP contribution in [0.4, 0.5) is 0 Å². The molecule has 4 nitrogen and oxygen atoms in total. The first-order valence-corrected chi connectivity index (χ1v) is 10.4. The highest BCUT2D eigenvalue weighted by molar-refractivity contribution is 5.56. The van der Waals surface area contributed by atoms with Crippen LogP contribution < -0.4 is 0 Å². The van der Waals surface area contributed by atoms with E-state index in [0.717, 1.165) is 49.7 Å². The van der Waals surface area contributed by atoms with E-state index in [4.69, 9.17) is 14.7 Å². The number of benzene rings is 2. The van der Waals surface area contributed by atoms with Gasteiger partial charge in [0, 0.05) is 29.9 Å². The van der Waals surface area contributed by atoms with Gasteiger partial charge in [-0.15, -0.1) is 0 Å². The molecule has 1 atom stereocenters. The number of ether oxygens (including phenoxy) is 1. The quantitative estimate of drug-likeness (QED) is 0.668. The van der Waals surface area contributed by atoms with Crippen molar-refractivity contribution in [3.05, 3.63) is 82.7 Å². The molecule has 2 aliphatic heterocycles. The Kier molecular flexibility index (Phi) is 4.69. The van der Waals surface area contributed by atoms with Gasteiger partial charge < -0.3 is 4.74 Å². The molecule has 0 amide bonds. The van der Waals surface area contributed by atoms with Gasteiger partial charge >= 0.3 is 0 Å². The van der Waals surface area contributed by atoms with Crippen LogP contribution >= 0.6 is 0 Å². The second-order valence-electron chi connectivity index (χ2n) is 8.55. The van der Waals surface area contributed by atoms with E-state index >= 15 is 0 Å². The molecular formula is C25H27N3O. The molecule has 1 aromatic heterocycles. The van der Waals surface area contributed by atoms with Crippen molar-refractivity contribution < 1.29 is 4.74 Å². The second-order valence-corrected chi connectivity index (χ2v) is 8.55. The maximum absolute atomic E-state index is 6.07. The lowest BCUT2D eigenvalue weighted by molar-refractivity contribution is 0.0498. The zero-order valence-electron chi connectivity index (χ0n) is 17.2. The lowest BCUT2D eigenvalue weighted by atomic mass is 9.80. The van der Waals surface area contributed by atoms with Crippen molar-refractivity contribution >= 4 is 0 Å². The maximum Gasteiger partial charge on any atom is 0.159 e. The zero-order chi connectivity index (χ0) is 19.8. The predicted molar refractivity (Wildman–Crippen MR) is 115 cm³/mol. The summed E-state index contributed by atoms with van der Waals surface area (Å²) < 4.78 is 6.07. The molecule has 2 aliphatic rings. The summed E-state index contributed by atoms with van der Waals surface area (Å²) >= 11 is 0. The van der Waals surface area contributed by atoms with Crippen LogP contribution in [0.2, 0.25) is 0 Å². The number of hydrogen-bond acceptors (Lipinski definition) is 4. The Morgan fingerprint density at radius 2 is 1.90 bits per heavy atom. The summed E-state index contributed by atoms with van der Waals surface area (Å²) in [6.45, 7) is 8.65. The normalized spacial score (nSPS) is 21.4. The highest BCUT2D eigenvalue weighted by Crippen LogP contribution is 2.41. The Hall–Kier alpha value is -2.56. The van der Waals surface area contributed by atoms with Gasteiger partial charge in [0.25, 0.3) is 0 Å². The standard InChI is InChI=1S/C25H27N3O/c1-18-7-6-8-20(13-18)14-28-12-11-25(16-28)17-29-15-22-19(2)26-24(27-23(22)25)21-9-4-3-5-10-21/h3-10,13H,11-12,14-17H2,1-2H3/t25-/m0/s1. The third-order valence-electron chi connectivity index (χ3n) is 6.29. The molecule has 2 aromatic carbocycles.